The Balaban J connectivity index is 1.50. The van der Waals surface area contributed by atoms with Crippen LogP contribution in [0.3, 0.4) is 0 Å². The van der Waals surface area contributed by atoms with E-state index in [2.05, 4.69) is 4.98 Å². The lowest BCUT2D eigenvalue weighted by Crippen LogP contribution is -2.41. The Bertz CT molecular complexity index is 804. The molecule has 5 nitrogen and oxygen atoms in total. The maximum Gasteiger partial charge on any atom is 0.256 e. The first-order chi connectivity index (χ1) is 12.1. The van der Waals surface area contributed by atoms with Crippen LogP contribution in [0.4, 0.5) is 0 Å². The van der Waals surface area contributed by atoms with E-state index < -0.39 is 0 Å². The first-order valence-electron chi connectivity index (χ1n) is 9.30. The fourth-order valence-corrected chi connectivity index (χ4v) is 4.23. The fraction of sp³-hybridized carbons (Fsp3) is 0.500. The molecule has 132 valence electrons. The van der Waals surface area contributed by atoms with Gasteiger partial charge in [-0.05, 0) is 38.7 Å². The number of para-hydroxylation sites is 1. The second-order valence-corrected chi connectivity index (χ2v) is 7.29. The number of piperidine rings is 1. The van der Waals surface area contributed by atoms with Crippen molar-refractivity contribution in [1.82, 2.24) is 14.8 Å². The van der Waals surface area contributed by atoms with Gasteiger partial charge < -0.3 is 14.8 Å². The van der Waals surface area contributed by atoms with Gasteiger partial charge >= 0.3 is 0 Å². The SMILES string of the molecule is Cc1[nH]c2ccccc2c1C(=O)N1CC[C@H](C(=O)N2CCCCC2)C1. The molecule has 1 N–H and O–H groups in total. The third-order valence-corrected chi connectivity index (χ3v) is 5.60. The second kappa shape index (κ2) is 6.54. The number of amides is 2. The van der Waals surface area contributed by atoms with Gasteiger partial charge in [-0.25, -0.2) is 0 Å². The zero-order chi connectivity index (χ0) is 17.4. The number of aromatic amines is 1. The minimum Gasteiger partial charge on any atom is -0.358 e. The van der Waals surface area contributed by atoms with Crippen LogP contribution in [0, 0.1) is 12.8 Å². The summed E-state index contributed by atoms with van der Waals surface area (Å²) in [6, 6.07) is 7.90. The lowest BCUT2D eigenvalue weighted by Gasteiger charge is -2.29. The Kier molecular flexibility index (Phi) is 4.24. The average molecular weight is 339 g/mol. The highest BCUT2D eigenvalue weighted by molar-refractivity contribution is 6.08. The Hall–Kier alpha value is -2.30. The number of H-pyrrole nitrogens is 1. The van der Waals surface area contributed by atoms with Gasteiger partial charge in [-0.1, -0.05) is 18.2 Å². The van der Waals surface area contributed by atoms with Gasteiger partial charge in [-0.3, -0.25) is 9.59 Å². The van der Waals surface area contributed by atoms with E-state index in [-0.39, 0.29) is 17.7 Å². The Labute approximate surface area is 148 Å². The molecule has 0 saturated carbocycles. The van der Waals surface area contributed by atoms with Crippen LogP contribution < -0.4 is 0 Å². The van der Waals surface area contributed by atoms with Crippen molar-refractivity contribution in [1.29, 1.82) is 0 Å². The van der Waals surface area contributed by atoms with Crippen molar-refractivity contribution in [2.45, 2.75) is 32.6 Å². The Morgan fingerprint density at radius 1 is 1.04 bits per heavy atom. The maximum absolute atomic E-state index is 13.1. The normalized spacial score (nSPS) is 21.1. The van der Waals surface area contributed by atoms with Gasteiger partial charge in [0.15, 0.2) is 0 Å². The summed E-state index contributed by atoms with van der Waals surface area (Å²) in [5.74, 6) is 0.252. The number of rotatable bonds is 2. The minimum absolute atomic E-state index is 0.0347. The number of fused-ring (bicyclic) bond motifs is 1. The molecular weight excluding hydrogens is 314 g/mol. The number of carbonyl (C=O) groups excluding carboxylic acids is 2. The van der Waals surface area contributed by atoms with Crippen LogP contribution in [0.1, 0.15) is 41.7 Å². The number of carbonyl (C=O) groups is 2. The lowest BCUT2D eigenvalue weighted by molar-refractivity contribution is -0.135. The van der Waals surface area contributed by atoms with Crippen LogP contribution in [0.2, 0.25) is 0 Å². The number of nitrogens with one attached hydrogen (secondary N) is 1. The van der Waals surface area contributed by atoms with Crippen LogP contribution in [0.25, 0.3) is 10.9 Å². The molecule has 1 atom stereocenters. The molecule has 0 bridgehead atoms. The van der Waals surface area contributed by atoms with E-state index >= 15 is 0 Å². The zero-order valence-corrected chi connectivity index (χ0v) is 14.8. The molecule has 4 rings (SSSR count). The van der Waals surface area contributed by atoms with E-state index in [9.17, 15) is 9.59 Å². The van der Waals surface area contributed by atoms with E-state index in [1.807, 2.05) is 41.0 Å². The lowest BCUT2D eigenvalue weighted by atomic mass is 10.0. The van der Waals surface area contributed by atoms with Crippen molar-refractivity contribution in [3.63, 3.8) is 0 Å². The number of aryl methyl sites for hydroxylation is 1. The van der Waals surface area contributed by atoms with Crippen molar-refractivity contribution in [3.8, 4) is 0 Å². The van der Waals surface area contributed by atoms with Gasteiger partial charge in [-0.2, -0.15) is 0 Å². The molecule has 1 aromatic carbocycles. The molecular formula is C20H25N3O2. The van der Waals surface area contributed by atoms with E-state index in [4.69, 9.17) is 0 Å². The molecule has 2 aliphatic rings. The quantitative estimate of drug-likeness (QED) is 0.914. The van der Waals surface area contributed by atoms with Crippen LogP contribution in [0.15, 0.2) is 24.3 Å². The number of hydrogen-bond acceptors (Lipinski definition) is 2. The topological polar surface area (TPSA) is 56.4 Å². The first-order valence-corrected chi connectivity index (χ1v) is 9.30. The molecule has 0 unspecified atom stereocenters. The summed E-state index contributed by atoms with van der Waals surface area (Å²) in [4.78, 5) is 32.9. The van der Waals surface area contributed by atoms with Crippen molar-refractivity contribution in [2.24, 2.45) is 5.92 Å². The molecule has 2 saturated heterocycles. The molecule has 2 amide bonds. The van der Waals surface area contributed by atoms with Gasteiger partial charge in [0.25, 0.3) is 5.91 Å². The molecule has 5 heteroatoms. The summed E-state index contributed by atoms with van der Waals surface area (Å²) in [6.07, 6.45) is 4.21. The largest absolute Gasteiger partial charge is 0.358 e. The molecule has 0 radical (unpaired) electrons. The van der Waals surface area contributed by atoms with Gasteiger partial charge in [0.2, 0.25) is 5.91 Å². The zero-order valence-electron chi connectivity index (χ0n) is 14.8. The highest BCUT2D eigenvalue weighted by atomic mass is 16.2. The van der Waals surface area contributed by atoms with Crippen LogP contribution in [-0.2, 0) is 4.79 Å². The summed E-state index contributed by atoms with van der Waals surface area (Å²) >= 11 is 0. The van der Waals surface area contributed by atoms with Crippen LogP contribution in [0.5, 0.6) is 0 Å². The first kappa shape index (κ1) is 16.2. The molecule has 2 aromatic rings. The van der Waals surface area contributed by atoms with E-state index in [0.717, 1.165) is 54.5 Å². The minimum atomic E-state index is -0.0347. The predicted octanol–water partition coefficient (Wildman–Crippen LogP) is 2.95. The van der Waals surface area contributed by atoms with E-state index in [0.29, 0.717) is 13.1 Å². The van der Waals surface area contributed by atoms with E-state index in [1.165, 1.54) is 6.42 Å². The van der Waals surface area contributed by atoms with Gasteiger partial charge in [0.05, 0.1) is 11.5 Å². The van der Waals surface area contributed by atoms with E-state index in [1.54, 1.807) is 0 Å². The van der Waals surface area contributed by atoms with Gasteiger partial charge in [-0.15, -0.1) is 0 Å². The van der Waals surface area contributed by atoms with Crippen LogP contribution in [-0.4, -0.2) is 52.8 Å². The van der Waals surface area contributed by atoms with Crippen molar-refractivity contribution in [3.05, 3.63) is 35.5 Å². The monoisotopic (exact) mass is 339 g/mol. The highest BCUT2D eigenvalue weighted by Crippen LogP contribution is 2.27. The summed E-state index contributed by atoms with van der Waals surface area (Å²) in [6.45, 7) is 4.92. The van der Waals surface area contributed by atoms with Crippen molar-refractivity contribution < 1.29 is 9.59 Å². The number of benzene rings is 1. The van der Waals surface area contributed by atoms with Crippen LogP contribution >= 0.6 is 0 Å². The molecule has 2 fully saturated rings. The molecule has 3 heterocycles. The summed E-state index contributed by atoms with van der Waals surface area (Å²) in [5, 5.41) is 0.968. The average Bonchev–Trinajstić information content (AvgIpc) is 3.25. The van der Waals surface area contributed by atoms with Crippen molar-refractivity contribution in [2.75, 3.05) is 26.2 Å². The fourth-order valence-electron chi connectivity index (χ4n) is 4.23. The summed E-state index contributed by atoms with van der Waals surface area (Å²) in [7, 11) is 0. The smallest absolute Gasteiger partial charge is 0.256 e. The number of likely N-dealkylation sites (tertiary alicyclic amines) is 2. The third kappa shape index (κ3) is 2.92. The molecule has 2 aliphatic heterocycles. The molecule has 1 aromatic heterocycles. The van der Waals surface area contributed by atoms with Gasteiger partial charge in [0, 0.05) is 42.8 Å². The summed E-state index contributed by atoms with van der Waals surface area (Å²) in [5.41, 5.74) is 2.64. The van der Waals surface area contributed by atoms with Gasteiger partial charge in [0.1, 0.15) is 0 Å². The summed E-state index contributed by atoms with van der Waals surface area (Å²) < 4.78 is 0. The molecule has 0 aliphatic carbocycles. The second-order valence-electron chi connectivity index (χ2n) is 7.29. The maximum atomic E-state index is 13.1. The Morgan fingerprint density at radius 2 is 1.80 bits per heavy atom. The van der Waals surface area contributed by atoms with Crippen molar-refractivity contribution >= 4 is 22.7 Å². The molecule has 25 heavy (non-hydrogen) atoms. The number of hydrogen-bond donors (Lipinski definition) is 1. The highest BCUT2D eigenvalue weighted by Gasteiger charge is 2.35. The number of aromatic nitrogens is 1. The third-order valence-electron chi connectivity index (χ3n) is 5.60. The Morgan fingerprint density at radius 3 is 2.60 bits per heavy atom. The standard InChI is InChI=1S/C20H25N3O2/c1-14-18(16-7-3-4-8-17(16)21-14)20(25)23-12-9-15(13-23)19(24)22-10-5-2-6-11-22/h3-4,7-8,15,21H,2,5-6,9-13H2,1H3/t15-/m0/s1. The number of nitrogens with zero attached hydrogens (tertiary/aromatic N) is 2. The molecule has 0 spiro atoms. The predicted molar refractivity (Wildman–Crippen MR) is 97.5 cm³/mol.